The standard InChI is InChI=1S/C21H23F4N3O.HI/c1-26-20(28-19-10-17(19)16-4-2-3-5-18(16)22)27-11-14-6-8-15(9-7-14)12-29-13-21(23,24)25;/h2-9,17,19H,10-13H2,1H3,(H2,26,27,28);1H. The molecule has 0 bridgehead atoms. The second-order valence-corrected chi connectivity index (χ2v) is 6.96. The molecule has 4 nitrogen and oxygen atoms in total. The second kappa shape index (κ2) is 10.9. The van der Waals surface area contributed by atoms with Crippen LogP contribution in [0.4, 0.5) is 17.6 Å². The Hall–Kier alpha value is -1.88. The third-order valence-electron chi connectivity index (χ3n) is 4.66. The number of hydrogen-bond acceptors (Lipinski definition) is 2. The molecule has 0 aliphatic heterocycles. The highest BCUT2D eigenvalue weighted by atomic mass is 127. The number of benzene rings is 2. The van der Waals surface area contributed by atoms with Crippen LogP contribution < -0.4 is 10.6 Å². The van der Waals surface area contributed by atoms with Crippen LogP contribution in [0.1, 0.15) is 29.0 Å². The van der Waals surface area contributed by atoms with Gasteiger partial charge in [-0.05, 0) is 29.2 Å². The molecular weight excluding hydrogens is 513 g/mol. The van der Waals surface area contributed by atoms with E-state index in [0.29, 0.717) is 23.6 Å². The van der Waals surface area contributed by atoms with Crippen LogP contribution in [0.15, 0.2) is 53.5 Å². The molecule has 2 N–H and O–H groups in total. The van der Waals surface area contributed by atoms with Gasteiger partial charge in [0, 0.05) is 25.6 Å². The fourth-order valence-electron chi connectivity index (χ4n) is 3.07. The fourth-order valence-corrected chi connectivity index (χ4v) is 3.07. The Balaban J connectivity index is 0.00000320. The van der Waals surface area contributed by atoms with Crippen molar-refractivity contribution in [2.75, 3.05) is 13.7 Å². The Kier molecular flexibility index (Phi) is 8.90. The molecule has 2 aromatic carbocycles. The Morgan fingerprint density at radius 1 is 1.10 bits per heavy atom. The molecule has 0 aromatic heterocycles. The molecule has 1 aliphatic carbocycles. The van der Waals surface area contributed by atoms with E-state index in [9.17, 15) is 17.6 Å². The van der Waals surface area contributed by atoms with Gasteiger partial charge in [0.25, 0.3) is 0 Å². The van der Waals surface area contributed by atoms with Crippen LogP contribution in [0.25, 0.3) is 0 Å². The van der Waals surface area contributed by atoms with Gasteiger partial charge in [-0.1, -0.05) is 42.5 Å². The number of alkyl halides is 3. The van der Waals surface area contributed by atoms with Crippen LogP contribution in [-0.2, 0) is 17.9 Å². The monoisotopic (exact) mass is 537 g/mol. The number of rotatable bonds is 7. The van der Waals surface area contributed by atoms with Gasteiger partial charge in [-0.2, -0.15) is 13.2 Å². The second-order valence-electron chi connectivity index (χ2n) is 6.96. The number of guanidine groups is 1. The van der Waals surface area contributed by atoms with E-state index in [-0.39, 0.29) is 48.4 Å². The Bertz CT molecular complexity index is 843. The molecule has 164 valence electrons. The maximum atomic E-state index is 13.9. The van der Waals surface area contributed by atoms with Crippen molar-refractivity contribution in [2.45, 2.75) is 37.7 Å². The summed E-state index contributed by atoms with van der Waals surface area (Å²) in [5, 5.41) is 6.48. The number of aliphatic imine (C=N–C) groups is 1. The minimum absolute atomic E-state index is 0. The molecule has 30 heavy (non-hydrogen) atoms. The lowest BCUT2D eigenvalue weighted by molar-refractivity contribution is -0.176. The fraction of sp³-hybridized carbons (Fsp3) is 0.381. The summed E-state index contributed by atoms with van der Waals surface area (Å²) in [6.45, 7) is -0.844. The van der Waals surface area contributed by atoms with Gasteiger partial charge in [0.05, 0.1) is 6.61 Å². The zero-order chi connectivity index (χ0) is 20.9. The van der Waals surface area contributed by atoms with Crippen molar-refractivity contribution in [3.8, 4) is 0 Å². The van der Waals surface area contributed by atoms with Crippen molar-refractivity contribution < 1.29 is 22.3 Å². The highest BCUT2D eigenvalue weighted by molar-refractivity contribution is 14.0. The van der Waals surface area contributed by atoms with E-state index in [1.54, 1.807) is 31.3 Å². The molecule has 0 radical (unpaired) electrons. The third-order valence-corrected chi connectivity index (χ3v) is 4.66. The van der Waals surface area contributed by atoms with Gasteiger partial charge in [-0.3, -0.25) is 4.99 Å². The lowest BCUT2D eigenvalue weighted by Crippen LogP contribution is -2.38. The normalized spacial score (nSPS) is 18.5. The van der Waals surface area contributed by atoms with Crippen LogP contribution in [0.3, 0.4) is 0 Å². The molecule has 9 heteroatoms. The van der Waals surface area contributed by atoms with Gasteiger partial charge >= 0.3 is 6.18 Å². The van der Waals surface area contributed by atoms with Crippen LogP contribution in [0.2, 0.25) is 0 Å². The average molecular weight is 537 g/mol. The largest absolute Gasteiger partial charge is 0.411 e. The lowest BCUT2D eigenvalue weighted by Gasteiger charge is -2.13. The van der Waals surface area contributed by atoms with Crippen LogP contribution in [0.5, 0.6) is 0 Å². The third kappa shape index (κ3) is 7.42. The number of nitrogens with zero attached hydrogens (tertiary/aromatic N) is 1. The van der Waals surface area contributed by atoms with Gasteiger partial charge in [-0.25, -0.2) is 4.39 Å². The van der Waals surface area contributed by atoms with E-state index < -0.39 is 12.8 Å². The minimum Gasteiger partial charge on any atom is -0.367 e. The first kappa shape index (κ1) is 24.4. The van der Waals surface area contributed by atoms with Gasteiger partial charge in [-0.15, -0.1) is 24.0 Å². The molecule has 1 fully saturated rings. The number of ether oxygens (including phenoxy) is 1. The topological polar surface area (TPSA) is 45.7 Å². The summed E-state index contributed by atoms with van der Waals surface area (Å²) in [6, 6.07) is 14.0. The zero-order valence-electron chi connectivity index (χ0n) is 16.4. The predicted octanol–water partition coefficient (Wildman–Crippen LogP) is 4.74. The summed E-state index contributed by atoms with van der Waals surface area (Å²) >= 11 is 0. The predicted molar refractivity (Wildman–Crippen MR) is 118 cm³/mol. The molecule has 0 heterocycles. The molecule has 2 aromatic rings. The maximum Gasteiger partial charge on any atom is 0.411 e. The number of hydrogen-bond donors (Lipinski definition) is 2. The quantitative estimate of drug-likeness (QED) is 0.232. The molecule has 1 saturated carbocycles. The SMILES string of the molecule is CN=C(NCc1ccc(COCC(F)(F)F)cc1)NC1CC1c1ccccc1F.I. The van der Waals surface area contributed by atoms with Crippen molar-refractivity contribution in [3.63, 3.8) is 0 Å². The van der Waals surface area contributed by atoms with Gasteiger partial charge in [0.1, 0.15) is 12.4 Å². The lowest BCUT2D eigenvalue weighted by atomic mass is 10.1. The summed E-state index contributed by atoms with van der Waals surface area (Å²) in [4.78, 5) is 4.19. The van der Waals surface area contributed by atoms with Gasteiger partial charge in [0.15, 0.2) is 5.96 Å². The Morgan fingerprint density at radius 3 is 2.40 bits per heavy atom. The number of halogens is 5. The number of nitrogens with one attached hydrogen (secondary N) is 2. The summed E-state index contributed by atoms with van der Waals surface area (Å²) in [6.07, 6.45) is -3.48. The van der Waals surface area contributed by atoms with Gasteiger partial charge < -0.3 is 15.4 Å². The van der Waals surface area contributed by atoms with Crippen molar-refractivity contribution in [1.29, 1.82) is 0 Å². The van der Waals surface area contributed by atoms with Crippen molar-refractivity contribution in [3.05, 3.63) is 71.0 Å². The van der Waals surface area contributed by atoms with Crippen molar-refractivity contribution in [1.82, 2.24) is 10.6 Å². The molecule has 0 amide bonds. The highest BCUT2D eigenvalue weighted by Gasteiger charge is 2.40. The maximum absolute atomic E-state index is 13.9. The minimum atomic E-state index is -4.32. The molecule has 3 rings (SSSR count). The molecule has 2 unspecified atom stereocenters. The highest BCUT2D eigenvalue weighted by Crippen LogP contribution is 2.41. The van der Waals surface area contributed by atoms with E-state index in [1.807, 2.05) is 18.2 Å². The molecule has 0 spiro atoms. The van der Waals surface area contributed by atoms with E-state index in [0.717, 1.165) is 12.0 Å². The van der Waals surface area contributed by atoms with E-state index in [1.165, 1.54) is 6.07 Å². The smallest absolute Gasteiger partial charge is 0.367 e. The summed E-state index contributed by atoms with van der Waals surface area (Å²) < 4.78 is 54.8. The molecule has 1 aliphatic rings. The summed E-state index contributed by atoms with van der Waals surface area (Å²) in [7, 11) is 1.66. The molecule has 0 saturated heterocycles. The van der Waals surface area contributed by atoms with E-state index in [4.69, 9.17) is 0 Å². The average Bonchev–Trinajstić information content (AvgIpc) is 3.44. The Labute approximate surface area is 190 Å². The first-order valence-corrected chi connectivity index (χ1v) is 9.29. The van der Waals surface area contributed by atoms with Gasteiger partial charge in [0.2, 0.25) is 0 Å². The van der Waals surface area contributed by atoms with Crippen LogP contribution in [-0.4, -0.2) is 31.8 Å². The van der Waals surface area contributed by atoms with Crippen molar-refractivity contribution in [2.24, 2.45) is 4.99 Å². The van der Waals surface area contributed by atoms with Crippen LogP contribution in [0, 0.1) is 5.82 Å². The molecular formula is C21H24F4IN3O. The van der Waals surface area contributed by atoms with Crippen molar-refractivity contribution >= 4 is 29.9 Å². The van der Waals surface area contributed by atoms with Crippen LogP contribution >= 0.6 is 24.0 Å². The zero-order valence-corrected chi connectivity index (χ0v) is 18.7. The van der Waals surface area contributed by atoms with E-state index in [2.05, 4.69) is 20.4 Å². The van der Waals surface area contributed by atoms with E-state index >= 15 is 0 Å². The summed E-state index contributed by atoms with van der Waals surface area (Å²) in [5.74, 6) is 0.557. The first-order valence-electron chi connectivity index (χ1n) is 9.29. The first-order chi connectivity index (χ1) is 13.9. The Morgan fingerprint density at radius 2 is 1.77 bits per heavy atom. The molecule has 2 atom stereocenters. The summed E-state index contributed by atoms with van der Waals surface area (Å²) in [5.41, 5.74) is 2.34.